The van der Waals surface area contributed by atoms with Crippen molar-refractivity contribution in [3.05, 3.63) is 58.9 Å². The van der Waals surface area contributed by atoms with Crippen molar-refractivity contribution in [2.45, 2.75) is 63.2 Å². The van der Waals surface area contributed by atoms with E-state index in [1.54, 1.807) is 24.3 Å². The molecule has 0 radical (unpaired) electrons. The van der Waals surface area contributed by atoms with Crippen LogP contribution in [0.1, 0.15) is 74.3 Å². The summed E-state index contributed by atoms with van der Waals surface area (Å²) in [6.07, 6.45) is 6.58. The number of aliphatic hydroxyl groups is 1. The van der Waals surface area contributed by atoms with E-state index in [2.05, 4.69) is 0 Å². The molecule has 1 N–H and O–H groups in total. The third-order valence-corrected chi connectivity index (χ3v) is 7.59. The normalized spacial score (nSPS) is 25.6. The van der Waals surface area contributed by atoms with Crippen molar-refractivity contribution >= 4 is 0 Å². The fourth-order valence-corrected chi connectivity index (χ4v) is 5.44. The number of ether oxygens (including phenoxy) is 2. The van der Waals surface area contributed by atoms with Gasteiger partial charge in [0.1, 0.15) is 11.6 Å². The summed E-state index contributed by atoms with van der Waals surface area (Å²) in [5, 5.41) is 9.28. The van der Waals surface area contributed by atoms with Crippen molar-refractivity contribution < 1.29 is 27.8 Å². The van der Waals surface area contributed by atoms with Crippen LogP contribution in [-0.4, -0.2) is 25.4 Å². The van der Waals surface area contributed by atoms with Crippen LogP contribution in [0.4, 0.5) is 13.2 Å². The highest BCUT2D eigenvalue weighted by Crippen LogP contribution is 2.40. The summed E-state index contributed by atoms with van der Waals surface area (Å²) in [5.41, 5.74) is 1.13. The lowest BCUT2D eigenvalue weighted by atomic mass is 9.78. The van der Waals surface area contributed by atoms with E-state index in [1.165, 1.54) is 13.2 Å². The number of methoxy groups -OCH3 is 1. The van der Waals surface area contributed by atoms with Gasteiger partial charge in [-0.15, -0.1) is 0 Å². The van der Waals surface area contributed by atoms with Gasteiger partial charge < -0.3 is 14.6 Å². The van der Waals surface area contributed by atoms with Crippen LogP contribution in [0, 0.1) is 29.3 Å². The van der Waals surface area contributed by atoms with Gasteiger partial charge in [-0.3, -0.25) is 0 Å². The molecule has 2 aromatic carbocycles. The third kappa shape index (κ3) is 5.48. The molecule has 2 saturated carbocycles. The highest BCUT2D eigenvalue weighted by molar-refractivity contribution is 5.34. The summed E-state index contributed by atoms with van der Waals surface area (Å²) >= 11 is 0. The van der Waals surface area contributed by atoms with Crippen LogP contribution in [0.5, 0.6) is 11.5 Å². The van der Waals surface area contributed by atoms with Crippen molar-refractivity contribution in [2.75, 3.05) is 20.3 Å². The molecule has 0 unspecified atom stereocenters. The fraction of sp³-hybridized carbons (Fsp3) is 0.556. The second-order valence-electron chi connectivity index (χ2n) is 9.60. The van der Waals surface area contributed by atoms with Crippen LogP contribution in [-0.2, 0) is 0 Å². The lowest BCUT2D eigenvalue weighted by Crippen LogP contribution is -2.20. The van der Waals surface area contributed by atoms with Crippen LogP contribution < -0.4 is 9.47 Å². The molecule has 2 aliphatic rings. The first kappa shape index (κ1) is 23.9. The summed E-state index contributed by atoms with van der Waals surface area (Å²) in [5.74, 6) is -0.834. The lowest BCUT2D eigenvalue weighted by Gasteiger charge is -2.29. The lowest BCUT2D eigenvalue weighted by molar-refractivity contribution is 0.180. The Hall–Kier alpha value is -2.21. The van der Waals surface area contributed by atoms with Gasteiger partial charge in [-0.2, -0.15) is 4.39 Å². The largest absolute Gasteiger partial charge is 0.497 e. The zero-order chi connectivity index (χ0) is 23.4. The maximum atomic E-state index is 14.8. The smallest absolute Gasteiger partial charge is 0.200 e. The molecule has 0 amide bonds. The fourth-order valence-electron chi connectivity index (χ4n) is 5.44. The van der Waals surface area contributed by atoms with E-state index in [9.17, 15) is 18.3 Å². The van der Waals surface area contributed by atoms with Crippen LogP contribution in [0.25, 0.3) is 0 Å². The molecule has 4 rings (SSSR count). The molecule has 0 atom stereocenters. The van der Waals surface area contributed by atoms with E-state index < -0.39 is 11.6 Å². The zero-order valence-corrected chi connectivity index (χ0v) is 19.2. The SMILES string of the molecule is COc1ccc(C2CCC(COc3ccc(C4CCC(CO)CC4)c(F)c3F)CC2)c(F)c1. The Labute approximate surface area is 193 Å². The minimum Gasteiger partial charge on any atom is -0.497 e. The molecule has 0 spiro atoms. The minimum absolute atomic E-state index is 0.00928. The molecular weight excluding hydrogens is 429 g/mol. The summed E-state index contributed by atoms with van der Waals surface area (Å²) in [7, 11) is 1.52. The van der Waals surface area contributed by atoms with Gasteiger partial charge in [0.05, 0.1) is 13.7 Å². The highest BCUT2D eigenvalue weighted by atomic mass is 19.2. The molecule has 2 aromatic rings. The van der Waals surface area contributed by atoms with Crippen LogP contribution >= 0.6 is 0 Å². The number of rotatable bonds is 7. The first-order chi connectivity index (χ1) is 16.0. The van der Waals surface area contributed by atoms with E-state index in [0.717, 1.165) is 51.4 Å². The van der Waals surface area contributed by atoms with Crippen LogP contribution in [0.3, 0.4) is 0 Å². The Kier molecular flexibility index (Phi) is 7.84. The average molecular weight is 463 g/mol. The molecule has 0 aromatic heterocycles. The van der Waals surface area contributed by atoms with Gasteiger partial charge in [0, 0.05) is 12.7 Å². The van der Waals surface area contributed by atoms with Gasteiger partial charge in [0.25, 0.3) is 0 Å². The maximum absolute atomic E-state index is 14.8. The number of hydrogen-bond donors (Lipinski definition) is 1. The van der Waals surface area contributed by atoms with Crippen molar-refractivity contribution in [1.29, 1.82) is 0 Å². The monoisotopic (exact) mass is 462 g/mol. The van der Waals surface area contributed by atoms with Gasteiger partial charge in [-0.05, 0) is 98.3 Å². The predicted octanol–water partition coefficient (Wildman–Crippen LogP) is 6.73. The summed E-state index contributed by atoms with van der Waals surface area (Å²) < 4.78 is 54.6. The number of halogens is 3. The molecule has 0 bridgehead atoms. The molecule has 0 saturated heterocycles. The number of benzene rings is 2. The van der Waals surface area contributed by atoms with Crippen LogP contribution in [0.2, 0.25) is 0 Å². The van der Waals surface area contributed by atoms with Crippen molar-refractivity contribution in [2.24, 2.45) is 11.8 Å². The quantitative estimate of drug-likeness (QED) is 0.496. The standard InChI is InChI=1S/C27H33F3O3/c1-32-21-10-11-22(24(28)14-21)19-8-4-18(5-9-19)16-33-25-13-12-23(26(29)27(25)30)20-6-2-17(15-31)3-7-20/h10-14,17-20,31H,2-9,15-16H2,1H3. The van der Waals surface area contributed by atoms with Crippen molar-refractivity contribution in [3.8, 4) is 11.5 Å². The third-order valence-electron chi connectivity index (χ3n) is 7.59. The molecule has 33 heavy (non-hydrogen) atoms. The molecule has 2 fully saturated rings. The predicted molar refractivity (Wildman–Crippen MR) is 121 cm³/mol. The van der Waals surface area contributed by atoms with Gasteiger partial charge in [-0.25, -0.2) is 8.78 Å². The topological polar surface area (TPSA) is 38.7 Å². The van der Waals surface area contributed by atoms with Gasteiger partial charge in [0.2, 0.25) is 5.82 Å². The van der Waals surface area contributed by atoms with Crippen molar-refractivity contribution in [1.82, 2.24) is 0 Å². The Morgan fingerprint density at radius 1 is 0.788 bits per heavy atom. The first-order valence-electron chi connectivity index (χ1n) is 12.0. The van der Waals surface area contributed by atoms with E-state index in [-0.39, 0.29) is 41.8 Å². The van der Waals surface area contributed by atoms with Gasteiger partial charge in [-0.1, -0.05) is 12.1 Å². The van der Waals surface area contributed by atoms with Crippen molar-refractivity contribution in [3.63, 3.8) is 0 Å². The Balaban J connectivity index is 1.30. The maximum Gasteiger partial charge on any atom is 0.200 e. The Morgan fingerprint density at radius 2 is 1.39 bits per heavy atom. The molecule has 0 heterocycles. The molecule has 2 aliphatic carbocycles. The second-order valence-corrected chi connectivity index (χ2v) is 9.60. The van der Waals surface area contributed by atoms with E-state index in [4.69, 9.17) is 9.47 Å². The van der Waals surface area contributed by atoms with E-state index in [1.807, 2.05) is 0 Å². The first-order valence-corrected chi connectivity index (χ1v) is 12.0. The zero-order valence-electron chi connectivity index (χ0n) is 19.2. The van der Waals surface area contributed by atoms with E-state index in [0.29, 0.717) is 23.5 Å². The highest BCUT2D eigenvalue weighted by Gasteiger charge is 2.28. The average Bonchev–Trinajstić information content (AvgIpc) is 2.85. The molecular formula is C27H33F3O3. The molecule has 180 valence electrons. The Morgan fingerprint density at radius 3 is 2.00 bits per heavy atom. The number of hydrogen-bond acceptors (Lipinski definition) is 3. The number of aliphatic hydroxyl groups excluding tert-OH is 1. The minimum atomic E-state index is -0.911. The second kappa shape index (κ2) is 10.8. The molecule has 6 heteroatoms. The van der Waals surface area contributed by atoms with E-state index >= 15 is 0 Å². The summed E-state index contributed by atoms with van der Waals surface area (Å²) in [6, 6.07) is 8.20. The molecule has 0 aliphatic heterocycles. The molecule has 3 nitrogen and oxygen atoms in total. The van der Waals surface area contributed by atoms with Crippen LogP contribution in [0.15, 0.2) is 30.3 Å². The van der Waals surface area contributed by atoms with Gasteiger partial charge >= 0.3 is 0 Å². The summed E-state index contributed by atoms with van der Waals surface area (Å²) in [6.45, 7) is 0.489. The van der Waals surface area contributed by atoms with Gasteiger partial charge in [0.15, 0.2) is 11.6 Å². The summed E-state index contributed by atoms with van der Waals surface area (Å²) in [4.78, 5) is 0. The Bertz CT molecular complexity index is 932.